The number of anilines is 1. The normalized spacial score (nSPS) is 12.2. The van der Waals surface area contributed by atoms with Crippen molar-refractivity contribution in [3.05, 3.63) is 64.1 Å². The topological polar surface area (TPSA) is 86.8 Å². The number of likely N-dealkylation sites (N-methyl/N-ethyl adjacent to an activating group) is 1. The van der Waals surface area contributed by atoms with E-state index >= 15 is 0 Å². The highest BCUT2D eigenvalue weighted by molar-refractivity contribution is 9.10. The van der Waals surface area contributed by atoms with E-state index in [1.54, 1.807) is 31.2 Å². The third kappa shape index (κ3) is 6.06. The van der Waals surface area contributed by atoms with Crippen LogP contribution in [-0.4, -0.2) is 51.0 Å². The van der Waals surface area contributed by atoms with Crippen LogP contribution in [0.3, 0.4) is 0 Å². The summed E-state index contributed by atoms with van der Waals surface area (Å²) in [5.74, 6) is -0.797. The van der Waals surface area contributed by atoms with Crippen molar-refractivity contribution in [2.75, 3.05) is 24.2 Å². The lowest BCUT2D eigenvalue weighted by atomic mass is 10.1. The van der Waals surface area contributed by atoms with Crippen LogP contribution < -0.4 is 9.62 Å². The minimum absolute atomic E-state index is 0.192. The predicted molar refractivity (Wildman–Crippen MR) is 122 cm³/mol. The molecule has 2 aromatic carbocycles. The molecule has 162 valence electrons. The van der Waals surface area contributed by atoms with Crippen LogP contribution in [0.2, 0.25) is 0 Å². The molecule has 0 spiro atoms. The van der Waals surface area contributed by atoms with Crippen LogP contribution in [0, 0.1) is 6.92 Å². The van der Waals surface area contributed by atoms with E-state index in [1.807, 2.05) is 31.2 Å². The van der Waals surface area contributed by atoms with Crippen molar-refractivity contribution in [2.45, 2.75) is 26.4 Å². The molecule has 30 heavy (non-hydrogen) atoms. The van der Waals surface area contributed by atoms with E-state index in [2.05, 4.69) is 21.2 Å². The van der Waals surface area contributed by atoms with Gasteiger partial charge in [-0.2, -0.15) is 0 Å². The number of nitrogens with zero attached hydrogens (tertiary/aromatic N) is 2. The number of hydrogen-bond acceptors (Lipinski definition) is 4. The van der Waals surface area contributed by atoms with E-state index in [0.29, 0.717) is 5.69 Å². The van der Waals surface area contributed by atoms with Gasteiger partial charge >= 0.3 is 0 Å². The van der Waals surface area contributed by atoms with Gasteiger partial charge in [0.25, 0.3) is 0 Å². The second-order valence-electron chi connectivity index (χ2n) is 6.98. The van der Waals surface area contributed by atoms with Crippen LogP contribution >= 0.6 is 15.9 Å². The van der Waals surface area contributed by atoms with Gasteiger partial charge in [-0.25, -0.2) is 8.42 Å². The third-order valence-electron chi connectivity index (χ3n) is 4.81. The largest absolute Gasteiger partial charge is 0.357 e. The number of carbonyl (C=O) groups excluding carboxylic acids is 2. The Labute approximate surface area is 186 Å². The minimum Gasteiger partial charge on any atom is -0.357 e. The number of aryl methyl sites for hydroxylation is 1. The van der Waals surface area contributed by atoms with Gasteiger partial charge in [0.05, 0.1) is 11.9 Å². The van der Waals surface area contributed by atoms with Gasteiger partial charge in [-0.3, -0.25) is 13.9 Å². The summed E-state index contributed by atoms with van der Waals surface area (Å²) in [7, 11) is -2.22. The summed E-state index contributed by atoms with van der Waals surface area (Å²) in [5.41, 5.74) is 2.24. The van der Waals surface area contributed by atoms with Crippen molar-refractivity contribution in [3.8, 4) is 0 Å². The van der Waals surface area contributed by atoms with E-state index in [9.17, 15) is 18.0 Å². The van der Waals surface area contributed by atoms with Crippen LogP contribution in [0.5, 0.6) is 0 Å². The van der Waals surface area contributed by atoms with Crippen molar-refractivity contribution < 1.29 is 18.0 Å². The highest BCUT2D eigenvalue weighted by Crippen LogP contribution is 2.22. The molecule has 2 rings (SSSR count). The van der Waals surface area contributed by atoms with E-state index in [0.717, 1.165) is 26.2 Å². The molecule has 0 bridgehead atoms. The van der Waals surface area contributed by atoms with Crippen LogP contribution in [0.15, 0.2) is 53.0 Å². The van der Waals surface area contributed by atoms with E-state index in [4.69, 9.17) is 0 Å². The Bertz CT molecular complexity index is 1010. The summed E-state index contributed by atoms with van der Waals surface area (Å²) in [5, 5.41) is 2.55. The predicted octanol–water partition coefficient (Wildman–Crippen LogP) is 2.69. The average molecular weight is 496 g/mol. The molecule has 0 aliphatic carbocycles. The maximum atomic E-state index is 13.2. The highest BCUT2D eigenvalue weighted by atomic mass is 79.9. The van der Waals surface area contributed by atoms with Gasteiger partial charge in [-0.15, -0.1) is 0 Å². The molecule has 0 saturated heterocycles. The number of amides is 2. The number of rotatable bonds is 8. The lowest BCUT2D eigenvalue weighted by Crippen LogP contribution is -2.50. The lowest BCUT2D eigenvalue weighted by molar-refractivity contribution is -0.139. The number of halogens is 1. The summed E-state index contributed by atoms with van der Waals surface area (Å²) >= 11 is 3.32. The Hall–Kier alpha value is -2.39. The maximum absolute atomic E-state index is 13.2. The first-order valence-electron chi connectivity index (χ1n) is 9.33. The molecule has 2 aromatic rings. The van der Waals surface area contributed by atoms with Crippen LogP contribution in [0.4, 0.5) is 5.69 Å². The standard InChI is InChI=1S/C21H26BrN3O4S/c1-15-7-5-6-8-17(15)13-24(16(2)21(27)23-3)20(26)14-25(30(4,28)29)19-11-9-18(22)10-12-19/h5-12,16H,13-14H2,1-4H3,(H,23,27)/t16-/m0/s1. The Morgan fingerprint density at radius 3 is 2.23 bits per heavy atom. The summed E-state index contributed by atoms with van der Waals surface area (Å²) in [6.45, 7) is 3.33. The van der Waals surface area contributed by atoms with Crippen LogP contribution in [0.25, 0.3) is 0 Å². The smallest absolute Gasteiger partial charge is 0.244 e. The molecule has 1 atom stereocenters. The van der Waals surface area contributed by atoms with E-state index < -0.39 is 28.5 Å². The highest BCUT2D eigenvalue weighted by Gasteiger charge is 2.29. The average Bonchev–Trinajstić information content (AvgIpc) is 2.70. The Morgan fingerprint density at radius 2 is 1.70 bits per heavy atom. The fourth-order valence-corrected chi connectivity index (χ4v) is 4.10. The molecule has 0 fully saturated rings. The summed E-state index contributed by atoms with van der Waals surface area (Å²) in [6.07, 6.45) is 1.05. The zero-order chi connectivity index (χ0) is 22.5. The van der Waals surface area contributed by atoms with Gasteiger partial charge in [-0.1, -0.05) is 40.2 Å². The van der Waals surface area contributed by atoms with E-state index in [-0.39, 0.29) is 12.5 Å². The number of carbonyl (C=O) groups is 2. The maximum Gasteiger partial charge on any atom is 0.244 e. The van der Waals surface area contributed by atoms with Gasteiger partial charge < -0.3 is 10.2 Å². The molecule has 0 unspecified atom stereocenters. The number of hydrogen-bond donors (Lipinski definition) is 1. The first kappa shape index (κ1) is 23.9. The van der Waals surface area contributed by atoms with Crippen molar-refractivity contribution >= 4 is 43.5 Å². The summed E-state index contributed by atoms with van der Waals surface area (Å²) in [4.78, 5) is 26.9. The van der Waals surface area contributed by atoms with Gasteiger partial charge in [0.15, 0.2) is 0 Å². The Morgan fingerprint density at radius 1 is 1.10 bits per heavy atom. The Kier molecular flexibility index (Phi) is 8.03. The molecule has 0 aliphatic heterocycles. The quantitative estimate of drug-likeness (QED) is 0.609. The lowest BCUT2D eigenvalue weighted by Gasteiger charge is -2.31. The van der Waals surface area contributed by atoms with Crippen molar-refractivity contribution in [3.63, 3.8) is 0 Å². The number of sulfonamides is 1. The van der Waals surface area contributed by atoms with Gasteiger partial charge in [-0.05, 0) is 49.2 Å². The SMILES string of the molecule is CNC(=O)[C@H](C)N(Cc1ccccc1C)C(=O)CN(c1ccc(Br)cc1)S(C)(=O)=O. The second kappa shape index (κ2) is 10.1. The molecular formula is C21H26BrN3O4S. The summed E-state index contributed by atoms with van der Waals surface area (Å²) < 4.78 is 26.7. The fraction of sp³-hybridized carbons (Fsp3) is 0.333. The zero-order valence-corrected chi connectivity index (χ0v) is 19.8. The molecule has 0 aliphatic rings. The molecule has 9 heteroatoms. The van der Waals surface area contributed by atoms with Crippen LogP contribution in [-0.2, 0) is 26.2 Å². The van der Waals surface area contributed by atoms with Gasteiger partial charge in [0.1, 0.15) is 12.6 Å². The molecule has 7 nitrogen and oxygen atoms in total. The van der Waals surface area contributed by atoms with Crippen molar-refractivity contribution in [1.82, 2.24) is 10.2 Å². The fourth-order valence-electron chi connectivity index (χ4n) is 2.98. The number of nitrogens with one attached hydrogen (secondary N) is 1. The van der Waals surface area contributed by atoms with Gasteiger partial charge in [0, 0.05) is 18.1 Å². The molecule has 0 saturated carbocycles. The molecule has 0 aromatic heterocycles. The van der Waals surface area contributed by atoms with E-state index in [1.165, 1.54) is 11.9 Å². The molecule has 0 heterocycles. The zero-order valence-electron chi connectivity index (χ0n) is 17.4. The third-order valence-corrected chi connectivity index (χ3v) is 6.48. The summed E-state index contributed by atoms with van der Waals surface area (Å²) in [6, 6.07) is 13.4. The first-order chi connectivity index (χ1) is 14.0. The molecule has 2 amide bonds. The molecular weight excluding hydrogens is 470 g/mol. The monoisotopic (exact) mass is 495 g/mol. The molecule has 1 N–H and O–H groups in total. The first-order valence-corrected chi connectivity index (χ1v) is 12.0. The second-order valence-corrected chi connectivity index (χ2v) is 9.81. The van der Waals surface area contributed by atoms with Gasteiger partial charge in [0.2, 0.25) is 21.8 Å². The number of benzene rings is 2. The Balaban J connectivity index is 2.38. The minimum atomic E-state index is -3.72. The molecule has 0 radical (unpaired) electrons. The van der Waals surface area contributed by atoms with Crippen LogP contribution in [0.1, 0.15) is 18.1 Å². The van der Waals surface area contributed by atoms with Crippen molar-refractivity contribution in [2.24, 2.45) is 0 Å². The van der Waals surface area contributed by atoms with Crippen molar-refractivity contribution in [1.29, 1.82) is 0 Å².